The molecule has 0 bridgehead atoms. The van der Waals surface area contributed by atoms with Crippen LogP contribution in [0.2, 0.25) is 0 Å². The molecule has 4 saturated carbocycles. The molecule has 0 aromatic heterocycles. The van der Waals surface area contributed by atoms with E-state index in [-0.39, 0.29) is 21.8 Å². The molecule has 54 heavy (non-hydrogen) atoms. The zero-order valence-electron chi connectivity index (χ0n) is 35.3. The first-order valence-corrected chi connectivity index (χ1v) is 23.7. The van der Waals surface area contributed by atoms with E-state index in [9.17, 15) is 22.7 Å². The maximum atomic E-state index is 14.0. The maximum absolute atomic E-state index is 14.0. The van der Waals surface area contributed by atoms with E-state index < -0.39 is 27.9 Å². The molecule has 5 fully saturated rings. The maximum Gasteiger partial charge on any atom is 0.312 e. The number of carbonyl (C=O) groups is 1. The lowest BCUT2D eigenvalue weighted by Crippen LogP contribution is -2.65. The number of carboxylic acids is 1. The summed E-state index contributed by atoms with van der Waals surface area (Å²) in [6.45, 7) is 25.2. The summed E-state index contributed by atoms with van der Waals surface area (Å²) in [7, 11) is -2.88. The molecule has 6 aliphatic carbocycles. The Bertz CT molecular complexity index is 1680. The third kappa shape index (κ3) is 6.10. The number of fused-ring (bicyclic) bond motifs is 7. The van der Waals surface area contributed by atoms with Crippen molar-refractivity contribution in [1.29, 1.82) is 0 Å². The molecule has 0 spiro atoms. The minimum atomic E-state index is -2.88. The average molecular weight is 768 g/mol. The van der Waals surface area contributed by atoms with Crippen LogP contribution in [0.5, 0.6) is 0 Å². The van der Waals surface area contributed by atoms with E-state index in [0.717, 1.165) is 18.8 Å². The van der Waals surface area contributed by atoms with E-state index in [2.05, 4.69) is 79.0 Å². The number of sulfone groups is 1. The number of carboxylic acid groups (broad SMARTS) is 1. The summed E-state index contributed by atoms with van der Waals surface area (Å²) in [6, 6.07) is 0. The molecule has 0 aromatic carbocycles. The number of hydrogen-bond donors (Lipinski definition) is 1. The molecule has 0 aromatic rings. The van der Waals surface area contributed by atoms with Gasteiger partial charge in [0.2, 0.25) is 0 Å². The second-order valence-corrected chi connectivity index (χ2v) is 24.4. The van der Waals surface area contributed by atoms with Gasteiger partial charge in [0.25, 0.3) is 0 Å². The molecule has 0 amide bonds. The zero-order chi connectivity index (χ0) is 39.3. The summed E-state index contributed by atoms with van der Waals surface area (Å²) in [6.07, 6.45) is 21.1. The largest absolute Gasteiger partial charge is 0.481 e. The summed E-state index contributed by atoms with van der Waals surface area (Å²) in [4.78, 5) is 14.5. The molecule has 1 heterocycles. The van der Waals surface area contributed by atoms with Gasteiger partial charge in [-0.05, 0) is 178 Å². The molecule has 0 unspecified atom stereocenters. The molecular formula is C47H74FNO4S. The van der Waals surface area contributed by atoms with Crippen molar-refractivity contribution in [3.63, 3.8) is 0 Å². The lowest BCUT2D eigenvalue weighted by atomic mass is 9.32. The number of nitrogens with zero attached hydrogens (tertiary/aromatic N) is 1. The highest BCUT2D eigenvalue weighted by molar-refractivity contribution is 7.91. The first-order chi connectivity index (χ1) is 25.1. The van der Waals surface area contributed by atoms with Crippen molar-refractivity contribution in [2.45, 2.75) is 157 Å². The summed E-state index contributed by atoms with van der Waals surface area (Å²) in [5, 5.41) is 9.84. The topological polar surface area (TPSA) is 74.7 Å². The van der Waals surface area contributed by atoms with Gasteiger partial charge in [-0.3, -0.25) is 9.69 Å². The Morgan fingerprint density at radius 2 is 1.63 bits per heavy atom. The molecule has 7 aliphatic rings. The van der Waals surface area contributed by atoms with E-state index >= 15 is 0 Å². The van der Waals surface area contributed by atoms with Gasteiger partial charge in [0, 0.05) is 18.6 Å². The van der Waals surface area contributed by atoms with Crippen molar-refractivity contribution in [2.75, 3.05) is 31.3 Å². The minimum absolute atomic E-state index is 0.00863. The fourth-order valence-electron chi connectivity index (χ4n) is 15.7. The second-order valence-electron chi connectivity index (χ2n) is 22.0. The monoisotopic (exact) mass is 768 g/mol. The normalized spacial score (nSPS) is 44.5. The zero-order valence-corrected chi connectivity index (χ0v) is 36.1. The highest BCUT2D eigenvalue weighted by Gasteiger charge is 2.70. The fraction of sp³-hybridized carbons (Fsp3) is 0.851. The lowest BCUT2D eigenvalue weighted by molar-refractivity contribution is -0.227. The predicted octanol–water partition coefficient (Wildman–Crippen LogP) is 11.0. The van der Waals surface area contributed by atoms with Crippen LogP contribution in [0.4, 0.5) is 4.39 Å². The van der Waals surface area contributed by atoms with Crippen molar-refractivity contribution >= 4 is 15.8 Å². The van der Waals surface area contributed by atoms with Gasteiger partial charge in [-0.2, -0.15) is 0 Å². The molecule has 5 nitrogen and oxygen atoms in total. The van der Waals surface area contributed by atoms with Gasteiger partial charge in [0.15, 0.2) is 9.84 Å². The highest BCUT2D eigenvalue weighted by atomic mass is 32.2. The van der Waals surface area contributed by atoms with Crippen LogP contribution in [0.25, 0.3) is 0 Å². The van der Waals surface area contributed by atoms with Gasteiger partial charge < -0.3 is 5.11 Å². The van der Waals surface area contributed by atoms with Gasteiger partial charge in [-0.15, -0.1) is 0 Å². The Hall–Kier alpha value is -1.47. The van der Waals surface area contributed by atoms with Crippen LogP contribution in [0, 0.1) is 62.1 Å². The quantitative estimate of drug-likeness (QED) is 0.237. The third-order valence-electron chi connectivity index (χ3n) is 19.1. The number of allylic oxidation sites excluding steroid dienone is 5. The average Bonchev–Trinajstić information content (AvgIpc) is 3.48. The van der Waals surface area contributed by atoms with Gasteiger partial charge in [-0.1, -0.05) is 65.3 Å². The van der Waals surface area contributed by atoms with Crippen molar-refractivity contribution in [2.24, 2.45) is 62.1 Å². The van der Waals surface area contributed by atoms with E-state index in [4.69, 9.17) is 0 Å². The Kier molecular flexibility index (Phi) is 10.2. The molecule has 304 valence electrons. The smallest absolute Gasteiger partial charge is 0.312 e. The highest BCUT2D eigenvalue weighted by Crippen LogP contribution is 2.78. The van der Waals surface area contributed by atoms with Crippen molar-refractivity contribution in [3.05, 3.63) is 35.5 Å². The first kappa shape index (κ1) is 40.7. The number of alkyl halides is 1. The Morgan fingerprint density at radius 1 is 0.926 bits per heavy atom. The number of halogens is 1. The van der Waals surface area contributed by atoms with E-state index in [1.54, 1.807) is 0 Å². The minimum Gasteiger partial charge on any atom is -0.481 e. The number of aliphatic carboxylic acids is 1. The fourth-order valence-corrected chi connectivity index (χ4v) is 16.9. The second kappa shape index (κ2) is 13.6. The Morgan fingerprint density at radius 3 is 2.24 bits per heavy atom. The van der Waals surface area contributed by atoms with Gasteiger partial charge in [0.05, 0.1) is 16.9 Å². The summed E-state index contributed by atoms with van der Waals surface area (Å²) < 4.78 is 38.4. The molecule has 1 N–H and O–H groups in total. The first-order valence-electron chi connectivity index (χ1n) is 21.9. The Labute approximate surface area is 328 Å². The Balaban J connectivity index is 1.12. The SMILES string of the molecule is C=C(C)[C@@H]1CC[C@]2(CCCC(C)(C)N3CCS(=O)(=O)CC3)CC[C@]3(C)[C@H](CC[C@@H]4[C@@]5(C)CC=C(C6=CC[C@](CF)(C(=O)O)CC6)C(C)(C)[C@@H]5CC[C@]43C)[C@@H]12. The predicted molar refractivity (Wildman–Crippen MR) is 219 cm³/mol. The number of rotatable bonds is 9. The molecule has 0 radical (unpaired) electrons. The van der Waals surface area contributed by atoms with Crippen LogP contribution in [-0.4, -0.2) is 61.2 Å². The van der Waals surface area contributed by atoms with E-state index in [1.165, 1.54) is 80.9 Å². The van der Waals surface area contributed by atoms with Crippen molar-refractivity contribution < 1.29 is 22.7 Å². The van der Waals surface area contributed by atoms with E-state index in [1.807, 2.05) is 0 Å². The molecular weight excluding hydrogens is 694 g/mol. The summed E-state index contributed by atoms with van der Waals surface area (Å²) in [5.74, 6) is 2.87. The summed E-state index contributed by atoms with van der Waals surface area (Å²) in [5.41, 5.74) is 4.02. The van der Waals surface area contributed by atoms with Crippen molar-refractivity contribution in [1.82, 2.24) is 4.90 Å². The van der Waals surface area contributed by atoms with Crippen LogP contribution in [0.1, 0.15) is 152 Å². The molecule has 1 saturated heterocycles. The molecule has 7 heteroatoms. The van der Waals surface area contributed by atoms with E-state index in [0.29, 0.717) is 78.4 Å². The number of hydrogen-bond acceptors (Lipinski definition) is 4. The van der Waals surface area contributed by atoms with Gasteiger partial charge >= 0.3 is 5.97 Å². The summed E-state index contributed by atoms with van der Waals surface area (Å²) >= 11 is 0. The molecule has 1 aliphatic heterocycles. The van der Waals surface area contributed by atoms with Crippen LogP contribution in [0.15, 0.2) is 35.5 Å². The van der Waals surface area contributed by atoms with Crippen molar-refractivity contribution in [3.8, 4) is 0 Å². The molecule has 10 atom stereocenters. The van der Waals surface area contributed by atoms with Crippen LogP contribution in [-0.2, 0) is 14.6 Å². The van der Waals surface area contributed by atoms with Gasteiger partial charge in [-0.25, -0.2) is 12.8 Å². The van der Waals surface area contributed by atoms with Crippen LogP contribution < -0.4 is 0 Å². The molecule has 7 rings (SSSR count). The van der Waals surface area contributed by atoms with Gasteiger partial charge in [0.1, 0.15) is 6.67 Å². The third-order valence-corrected chi connectivity index (χ3v) is 20.8. The lowest BCUT2D eigenvalue weighted by Gasteiger charge is -2.72. The standard InChI is InChI=1S/C47H74FNO4S/c1-32(2)34-15-24-46(19-10-18-41(3,4)49-27-29-54(52,53)30-28-49)26-25-44(8)36(39(34)46)11-12-38-43(7)20-16-35(42(5,6)37(43)17-21-45(38,44)9)33-13-22-47(31-48,23-14-33)40(50)51/h13,16,34,36-39H,1,10-12,14-15,17-31H2,2-9H3,(H,50,51)/t34-,36+,37-,38+,39+,43-,44+,45+,46+,47-/m0/s1. The van der Waals surface area contributed by atoms with Crippen LogP contribution in [0.3, 0.4) is 0 Å². The van der Waals surface area contributed by atoms with Crippen LogP contribution >= 0.6 is 0 Å².